The minimum absolute atomic E-state index is 0.373. The second kappa shape index (κ2) is 3.44. The zero-order valence-corrected chi connectivity index (χ0v) is 11.1. The number of rotatable bonds is 1. The Labute approximate surface area is 82.6 Å². The van der Waals surface area contributed by atoms with Gasteiger partial charge in [-0.3, -0.25) is 0 Å². The molecule has 1 aromatic rings. The first kappa shape index (κ1) is 9.52. The van der Waals surface area contributed by atoms with Crippen molar-refractivity contribution < 1.29 is 0 Å². The summed E-state index contributed by atoms with van der Waals surface area (Å²) in [6, 6.07) is 2.25. The molecule has 3 heteroatoms. The minimum atomic E-state index is -0.373. The van der Waals surface area contributed by atoms with Crippen molar-refractivity contribution in [3.05, 3.63) is 11.8 Å². The summed E-state index contributed by atoms with van der Waals surface area (Å²) >= 11 is 1.33. The standard InChI is InChI=1S/C4H4NS.C4H9.Sn/c1-4-2-3-6-5-4;1-4(2)3;/h2H,1H3;1-3H3;. The van der Waals surface area contributed by atoms with E-state index in [0.29, 0.717) is 3.43 Å². The maximum absolute atomic E-state index is 4.28. The van der Waals surface area contributed by atoms with E-state index in [1.54, 1.807) is 14.4 Å². The Bertz CT molecular complexity index is 236. The van der Waals surface area contributed by atoms with Crippen LogP contribution in [0.5, 0.6) is 0 Å². The van der Waals surface area contributed by atoms with Gasteiger partial charge >= 0.3 is 82.8 Å². The number of nitrogens with zero attached hydrogens (tertiary/aromatic N) is 1. The van der Waals surface area contributed by atoms with E-state index in [9.17, 15) is 0 Å². The van der Waals surface area contributed by atoms with Crippen molar-refractivity contribution in [2.24, 2.45) is 0 Å². The Morgan fingerprint density at radius 2 is 2.09 bits per heavy atom. The van der Waals surface area contributed by atoms with Crippen LogP contribution < -0.4 is 2.89 Å². The quantitative estimate of drug-likeness (QED) is 0.714. The van der Waals surface area contributed by atoms with Gasteiger partial charge in [-0.15, -0.1) is 0 Å². The first-order valence-electron chi connectivity index (χ1n) is 3.69. The van der Waals surface area contributed by atoms with Gasteiger partial charge in [0, 0.05) is 0 Å². The zero-order chi connectivity index (χ0) is 8.48. The van der Waals surface area contributed by atoms with E-state index < -0.39 is 0 Å². The van der Waals surface area contributed by atoms with Gasteiger partial charge in [-0.25, -0.2) is 0 Å². The van der Waals surface area contributed by atoms with Crippen LogP contribution in [-0.4, -0.2) is 25.5 Å². The summed E-state index contributed by atoms with van der Waals surface area (Å²) < 4.78 is 6.41. The molecule has 1 nitrogen and oxygen atoms in total. The van der Waals surface area contributed by atoms with Crippen LogP contribution in [0.2, 0.25) is 3.43 Å². The van der Waals surface area contributed by atoms with Gasteiger partial charge in [-0.05, 0) is 0 Å². The average molecular weight is 274 g/mol. The molecule has 0 atom stereocenters. The first-order chi connectivity index (χ1) is 4.97. The summed E-state index contributed by atoms with van der Waals surface area (Å²) in [5.74, 6) is 0. The molecule has 0 saturated heterocycles. The van der Waals surface area contributed by atoms with Crippen LogP contribution in [0.3, 0.4) is 0 Å². The summed E-state index contributed by atoms with van der Waals surface area (Å²) in [6.07, 6.45) is 0. The molecular formula is C8H13NSSn. The van der Waals surface area contributed by atoms with E-state index in [0.717, 1.165) is 0 Å². The third-order valence-corrected chi connectivity index (χ3v) is 6.54. The van der Waals surface area contributed by atoms with Crippen molar-refractivity contribution in [1.82, 2.24) is 4.37 Å². The van der Waals surface area contributed by atoms with Crippen molar-refractivity contribution in [1.29, 1.82) is 0 Å². The topological polar surface area (TPSA) is 12.9 Å². The summed E-state index contributed by atoms with van der Waals surface area (Å²) in [4.78, 5) is 0. The Morgan fingerprint density at radius 3 is 2.45 bits per heavy atom. The average Bonchev–Trinajstić information content (AvgIpc) is 2.10. The molecule has 0 saturated carbocycles. The monoisotopic (exact) mass is 275 g/mol. The third kappa shape index (κ3) is 3.56. The summed E-state index contributed by atoms with van der Waals surface area (Å²) in [6.45, 7) is 9.05. The van der Waals surface area contributed by atoms with Crippen molar-refractivity contribution in [2.45, 2.75) is 31.1 Å². The van der Waals surface area contributed by atoms with Crippen LogP contribution in [0.1, 0.15) is 26.5 Å². The van der Waals surface area contributed by atoms with E-state index in [-0.39, 0.29) is 21.1 Å². The van der Waals surface area contributed by atoms with Gasteiger partial charge in [0.2, 0.25) is 0 Å². The van der Waals surface area contributed by atoms with Gasteiger partial charge in [0.1, 0.15) is 0 Å². The predicted molar refractivity (Wildman–Crippen MR) is 52.0 cm³/mol. The van der Waals surface area contributed by atoms with Gasteiger partial charge in [0.25, 0.3) is 0 Å². The van der Waals surface area contributed by atoms with E-state index in [4.69, 9.17) is 0 Å². The molecule has 1 aromatic heterocycles. The second-order valence-corrected chi connectivity index (χ2v) is 12.1. The molecule has 0 aromatic carbocycles. The molecule has 0 amide bonds. The molecule has 1 heterocycles. The van der Waals surface area contributed by atoms with Gasteiger partial charge in [-0.1, -0.05) is 0 Å². The van der Waals surface area contributed by atoms with Crippen molar-refractivity contribution in [2.75, 3.05) is 0 Å². The Balaban J connectivity index is 2.65. The fourth-order valence-corrected chi connectivity index (χ4v) is 7.10. The van der Waals surface area contributed by atoms with Gasteiger partial charge in [0.15, 0.2) is 0 Å². The molecule has 60 valence electrons. The molecule has 11 heavy (non-hydrogen) atoms. The molecule has 1 rings (SSSR count). The van der Waals surface area contributed by atoms with Crippen molar-refractivity contribution >= 4 is 35.6 Å². The number of hydrogen-bond donors (Lipinski definition) is 0. The van der Waals surface area contributed by atoms with Gasteiger partial charge in [-0.2, -0.15) is 0 Å². The Kier molecular flexibility index (Phi) is 2.97. The molecule has 0 unspecified atom stereocenters. The van der Waals surface area contributed by atoms with Crippen LogP contribution in [0.25, 0.3) is 0 Å². The normalized spacial score (nSPS) is 12.0. The fraction of sp³-hybridized carbons (Fsp3) is 0.625. The molecule has 0 fully saturated rings. The van der Waals surface area contributed by atoms with E-state index in [2.05, 4.69) is 38.1 Å². The van der Waals surface area contributed by atoms with Crippen LogP contribution in [-0.2, 0) is 0 Å². The van der Waals surface area contributed by atoms with Crippen LogP contribution in [0, 0.1) is 6.92 Å². The molecule has 0 aliphatic heterocycles. The van der Waals surface area contributed by atoms with Crippen molar-refractivity contribution in [3.8, 4) is 0 Å². The summed E-state index contributed by atoms with van der Waals surface area (Å²) in [7, 11) is 0. The first-order valence-corrected chi connectivity index (χ1v) is 7.32. The SMILES string of the molecule is Cc1c[c]([Sn][C](C)(C)C)sn1. The molecule has 0 aliphatic rings. The van der Waals surface area contributed by atoms with E-state index in [1.165, 1.54) is 5.69 Å². The van der Waals surface area contributed by atoms with Crippen molar-refractivity contribution in [3.63, 3.8) is 0 Å². The molecule has 0 bridgehead atoms. The number of hydrogen-bond acceptors (Lipinski definition) is 2. The Hall–Kier alpha value is 0.429. The predicted octanol–water partition coefficient (Wildman–Crippen LogP) is 2.00. The number of aromatic nitrogens is 1. The van der Waals surface area contributed by atoms with Crippen LogP contribution in [0.15, 0.2) is 6.07 Å². The molecular weight excluding hydrogens is 261 g/mol. The van der Waals surface area contributed by atoms with E-state index in [1.807, 2.05) is 0 Å². The maximum atomic E-state index is 4.28. The van der Waals surface area contributed by atoms with Gasteiger partial charge in [0.05, 0.1) is 0 Å². The Morgan fingerprint density at radius 1 is 1.45 bits per heavy atom. The van der Waals surface area contributed by atoms with Gasteiger partial charge < -0.3 is 0 Å². The second-order valence-electron chi connectivity index (χ2n) is 3.71. The zero-order valence-electron chi connectivity index (χ0n) is 7.43. The molecule has 2 radical (unpaired) electrons. The molecule has 0 aliphatic carbocycles. The molecule has 0 spiro atoms. The van der Waals surface area contributed by atoms with E-state index >= 15 is 0 Å². The summed E-state index contributed by atoms with van der Waals surface area (Å²) in [5.41, 5.74) is 1.19. The molecule has 0 N–H and O–H groups in total. The third-order valence-electron chi connectivity index (χ3n) is 1.13. The number of aryl methyl sites for hydroxylation is 1. The van der Waals surface area contributed by atoms with Crippen LogP contribution in [0.4, 0.5) is 0 Å². The van der Waals surface area contributed by atoms with Crippen LogP contribution >= 0.6 is 11.5 Å². The summed E-state index contributed by atoms with van der Waals surface area (Å²) in [5, 5.41) is 0. The fourth-order valence-electron chi connectivity index (χ4n) is 0.792.